The number of anilines is 1. The molecule has 1 aliphatic rings. The zero-order chi connectivity index (χ0) is 21.3. The van der Waals surface area contributed by atoms with E-state index < -0.39 is 0 Å². The first-order valence-corrected chi connectivity index (χ1v) is 11.7. The van der Waals surface area contributed by atoms with E-state index in [1.165, 1.54) is 16.0 Å². The number of nitrogens with zero attached hydrogens (tertiary/aromatic N) is 3. The van der Waals surface area contributed by atoms with Crippen molar-refractivity contribution < 1.29 is 9.53 Å². The maximum Gasteiger partial charge on any atom is 0.310 e. The van der Waals surface area contributed by atoms with Crippen molar-refractivity contribution in [1.29, 1.82) is 0 Å². The number of piperidine rings is 1. The van der Waals surface area contributed by atoms with E-state index in [1.54, 1.807) is 11.3 Å². The van der Waals surface area contributed by atoms with Crippen LogP contribution in [0.5, 0.6) is 0 Å². The van der Waals surface area contributed by atoms with Crippen molar-refractivity contribution in [3.8, 4) is 11.1 Å². The SMILES string of the molecule is CCOC(=O)C1CCCN(c2nc(Cl)nc3sc(CC)c(-c4ccc(C)cc4)c23)C1. The third-order valence-electron chi connectivity index (χ3n) is 5.58. The third kappa shape index (κ3) is 4.03. The van der Waals surface area contributed by atoms with Crippen LogP contribution in [0.15, 0.2) is 24.3 Å². The summed E-state index contributed by atoms with van der Waals surface area (Å²) >= 11 is 8.01. The molecular formula is C23H26ClN3O2S. The Morgan fingerprint density at radius 2 is 2.03 bits per heavy atom. The fraction of sp³-hybridized carbons (Fsp3) is 0.435. The minimum absolute atomic E-state index is 0.128. The van der Waals surface area contributed by atoms with E-state index in [-0.39, 0.29) is 17.2 Å². The van der Waals surface area contributed by atoms with E-state index in [2.05, 4.69) is 53.0 Å². The number of fused-ring (bicyclic) bond motifs is 1. The van der Waals surface area contributed by atoms with Crippen molar-refractivity contribution in [2.24, 2.45) is 5.92 Å². The number of esters is 1. The van der Waals surface area contributed by atoms with Gasteiger partial charge in [0.05, 0.1) is 17.9 Å². The van der Waals surface area contributed by atoms with Crippen molar-refractivity contribution in [2.45, 2.75) is 40.0 Å². The van der Waals surface area contributed by atoms with Crippen LogP contribution in [-0.2, 0) is 16.0 Å². The van der Waals surface area contributed by atoms with Crippen molar-refractivity contribution in [3.05, 3.63) is 40.0 Å². The van der Waals surface area contributed by atoms with Gasteiger partial charge < -0.3 is 9.64 Å². The van der Waals surface area contributed by atoms with Crippen molar-refractivity contribution >= 4 is 44.9 Å². The van der Waals surface area contributed by atoms with Crippen LogP contribution in [0, 0.1) is 12.8 Å². The smallest absolute Gasteiger partial charge is 0.310 e. The highest BCUT2D eigenvalue weighted by molar-refractivity contribution is 7.19. The molecule has 0 radical (unpaired) electrons. The predicted octanol–water partition coefficient (Wildman–Crippen LogP) is 5.66. The Bertz CT molecular complexity index is 1060. The summed E-state index contributed by atoms with van der Waals surface area (Å²) in [5.74, 6) is 0.553. The lowest BCUT2D eigenvalue weighted by Crippen LogP contribution is -2.40. The first-order valence-electron chi connectivity index (χ1n) is 10.5. The summed E-state index contributed by atoms with van der Waals surface area (Å²) in [5.41, 5.74) is 3.57. The first kappa shape index (κ1) is 21.1. The second kappa shape index (κ2) is 8.90. The Morgan fingerprint density at radius 3 is 2.73 bits per heavy atom. The van der Waals surface area contributed by atoms with E-state index in [9.17, 15) is 4.79 Å². The molecule has 4 rings (SSSR count). The zero-order valence-corrected chi connectivity index (χ0v) is 19.1. The molecule has 1 saturated heterocycles. The lowest BCUT2D eigenvalue weighted by Gasteiger charge is -2.33. The quantitative estimate of drug-likeness (QED) is 0.376. The van der Waals surface area contributed by atoms with Crippen LogP contribution in [0.2, 0.25) is 5.28 Å². The van der Waals surface area contributed by atoms with Crippen LogP contribution in [0.3, 0.4) is 0 Å². The van der Waals surface area contributed by atoms with Crippen LogP contribution in [0.25, 0.3) is 21.3 Å². The molecule has 0 saturated carbocycles. The standard InChI is InChI=1S/C23H26ClN3O2S/c1-4-17-18(15-10-8-14(3)9-11-15)19-20(25-23(24)26-21(19)30-17)27-12-6-7-16(13-27)22(28)29-5-2/h8-11,16H,4-7,12-13H2,1-3H3. The van der Waals surface area contributed by atoms with Crippen molar-refractivity contribution in [3.63, 3.8) is 0 Å². The summed E-state index contributed by atoms with van der Waals surface area (Å²) in [6.07, 6.45) is 2.66. The average molecular weight is 444 g/mol. The van der Waals surface area contributed by atoms with Crippen LogP contribution in [0.4, 0.5) is 5.82 Å². The van der Waals surface area contributed by atoms with Gasteiger partial charge in [-0.1, -0.05) is 36.8 Å². The minimum atomic E-state index is -0.144. The molecule has 0 spiro atoms. The number of hydrogen-bond donors (Lipinski definition) is 0. The number of benzene rings is 1. The summed E-state index contributed by atoms with van der Waals surface area (Å²) in [6.45, 7) is 7.93. The fourth-order valence-corrected chi connectivity index (χ4v) is 5.47. The molecule has 1 atom stereocenters. The average Bonchev–Trinajstić information content (AvgIpc) is 3.12. The molecule has 1 unspecified atom stereocenters. The fourth-order valence-electron chi connectivity index (χ4n) is 4.13. The molecule has 3 heterocycles. The Hall–Kier alpha value is -2.18. The topological polar surface area (TPSA) is 55.3 Å². The monoisotopic (exact) mass is 443 g/mol. The summed E-state index contributed by atoms with van der Waals surface area (Å²) in [7, 11) is 0. The van der Waals surface area contributed by atoms with Gasteiger partial charge in [-0.25, -0.2) is 4.98 Å². The minimum Gasteiger partial charge on any atom is -0.466 e. The molecule has 1 aromatic carbocycles. The second-order valence-electron chi connectivity index (χ2n) is 7.65. The number of aryl methyl sites for hydroxylation is 2. The molecule has 30 heavy (non-hydrogen) atoms. The molecule has 158 valence electrons. The normalized spacial score (nSPS) is 16.8. The van der Waals surface area contributed by atoms with Crippen LogP contribution in [0.1, 0.15) is 37.1 Å². The molecule has 1 fully saturated rings. The van der Waals surface area contributed by atoms with Gasteiger partial charge in [0.2, 0.25) is 5.28 Å². The second-order valence-corrected chi connectivity index (χ2v) is 9.08. The Kier molecular flexibility index (Phi) is 6.25. The molecular weight excluding hydrogens is 418 g/mol. The molecule has 0 aliphatic carbocycles. The number of carbonyl (C=O) groups is 1. The van der Waals surface area contributed by atoms with Gasteiger partial charge in [0.15, 0.2) is 0 Å². The lowest BCUT2D eigenvalue weighted by atomic mass is 9.97. The number of ether oxygens (including phenoxy) is 1. The van der Waals surface area contributed by atoms with Crippen molar-refractivity contribution in [2.75, 3.05) is 24.6 Å². The highest BCUT2D eigenvalue weighted by atomic mass is 35.5. The summed E-state index contributed by atoms with van der Waals surface area (Å²) in [6, 6.07) is 8.58. The first-order chi connectivity index (χ1) is 14.5. The highest BCUT2D eigenvalue weighted by Gasteiger charge is 2.30. The number of halogens is 1. The summed E-state index contributed by atoms with van der Waals surface area (Å²) < 4.78 is 5.28. The van der Waals surface area contributed by atoms with Gasteiger partial charge in [-0.2, -0.15) is 4.98 Å². The molecule has 1 aliphatic heterocycles. The molecule has 0 bridgehead atoms. The number of rotatable bonds is 5. The van der Waals surface area contributed by atoms with E-state index >= 15 is 0 Å². The van der Waals surface area contributed by atoms with Gasteiger partial charge in [0.1, 0.15) is 10.6 Å². The molecule has 7 heteroatoms. The summed E-state index contributed by atoms with van der Waals surface area (Å²) in [4.78, 5) is 25.9. The Morgan fingerprint density at radius 1 is 1.27 bits per heavy atom. The van der Waals surface area contributed by atoms with Gasteiger partial charge in [-0.15, -0.1) is 11.3 Å². The predicted molar refractivity (Wildman–Crippen MR) is 124 cm³/mol. The van der Waals surface area contributed by atoms with Gasteiger partial charge in [-0.3, -0.25) is 4.79 Å². The van der Waals surface area contributed by atoms with E-state index in [0.717, 1.165) is 47.4 Å². The molecule has 3 aromatic rings. The molecule has 0 amide bonds. The van der Waals surface area contributed by atoms with Gasteiger partial charge in [-0.05, 0) is 50.3 Å². The third-order valence-corrected chi connectivity index (χ3v) is 6.98. The van der Waals surface area contributed by atoms with Crippen LogP contribution < -0.4 is 4.90 Å². The van der Waals surface area contributed by atoms with Gasteiger partial charge in [0, 0.05) is 23.5 Å². The van der Waals surface area contributed by atoms with Crippen molar-refractivity contribution in [1.82, 2.24) is 9.97 Å². The maximum absolute atomic E-state index is 12.4. The highest BCUT2D eigenvalue weighted by Crippen LogP contribution is 2.43. The lowest BCUT2D eigenvalue weighted by molar-refractivity contribution is -0.148. The van der Waals surface area contributed by atoms with Gasteiger partial charge in [0.25, 0.3) is 0 Å². The Balaban J connectivity index is 1.84. The molecule has 5 nitrogen and oxygen atoms in total. The van der Waals surface area contributed by atoms with E-state index in [4.69, 9.17) is 16.3 Å². The summed E-state index contributed by atoms with van der Waals surface area (Å²) in [5, 5.41) is 1.28. The zero-order valence-electron chi connectivity index (χ0n) is 17.6. The van der Waals surface area contributed by atoms with E-state index in [0.29, 0.717) is 13.2 Å². The number of aromatic nitrogens is 2. The maximum atomic E-state index is 12.4. The number of carbonyl (C=O) groups excluding carboxylic acids is 1. The van der Waals surface area contributed by atoms with Crippen LogP contribution >= 0.6 is 22.9 Å². The Labute approximate surface area is 186 Å². The molecule has 2 aromatic heterocycles. The number of hydrogen-bond acceptors (Lipinski definition) is 6. The van der Waals surface area contributed by atoms with Crippen LogP contribution in [-0.4, -0.2) is 35.6 Å². The molecule has 0 N–H and O–H groups in total. The van der Waals surface area contributed by atoms with Gasteiger partial charge >= 0.3 is 5.97 Å². The number of thiophene rings is 1. The largest absolute Gasteiger partial charge is 0.466 e. The van der Waals surface area contributed by atoms with E-state index in [1.807, 2.05) is 6.92 Å².